The van der Waals surface area contributed by atoms with Gasteiger partial charge in [-0.15, -0.1) is 0 Å². The van der Waals surface area contributed by atoms with E-state index < -0.39 is 11.9 Å². The molecule has 0 aliphatic heterocycles. The second-order valence-electron chi connectivity index (χ2n) is 3.44. The monoisotopic (exact) mass is 222 g/mol. The van der Waals surface area contributed by atoms with Gasteiger partial charge in [-0.2, -0.15) is 0 Å². The summed E-state index contributed by atoms with van der Waals surface area (Å²) in [6, 6.07) is 2.92. The molecule has 0 aliphatic rings. The highest BCUT2D eigenvalue weighted by Gasteiger charge is 2.16. The van der Waals surface area contributed by atoms with Gasteiger partial charge >= 0.3 is 11.9 Å². The highest BCUT2D eigenvalue weighted by molar-refractivity contribution is 5.95. The Labute approximate surface area is 93.9 Å². The number of hydrogen-bond acceptors (Lipinski definition) is 3. The second-order valence-corrected chi connectivity index (χ2v) is 3.44. The predicted molar refractivity (Wildman–Crippen MR) is 58.8 cm³/mol. The molecule has 86 valence electrons. The van der Waals surface area contributed by atoms with Gasteiger partial charge in [0.15, 0.2) is 0 Å². The normalized spacial score (nSPS) is 9.94. The average molecular weight is 222 g/mol. The zero-order chi connectivity index (χ0) is 12.3. The molecular weight excluding hydrogens is 208 g/mol. The lowest BCUT2D eigenvalue weighted by atomic mass is 9.98. The van der Waals surface area contributed by atoms with E-state index in [4.69, 9.17) is 9.84 Å². The number of carboxylic acid groups (broad SMARTS) is 1. The number of esters is 1. The minimum Gasteiger partial charge on any atom is -0.478 e. The summed E-state index contributed by atoms with van der Waals surface area (Å²) in [5.74, 6) is -1.41. The third-order valence-corrected chi connectivity index (χ3v) is 2.51. The molecule has 0 saturated heterocycles. The first kappa shape index (κ1) is 12.2. The van der Waals surface area contributed by atoms with Crippen molar-refractivity contribution in [1.82, 2.24) is 0 Å². The van der Waals surface area contributed by atoms with Gasteiger partial charge in [0.2, 0.25) is 0 Å². The number of carboxylic acids is 1. The number of aromatic carboxylic acids is 1. The molecule has 4 nitrogen and oxygen atoms in total. The van der Waals surface area contributed by atoms with Crippen LogP contribution in [0.4, 0.5) is 0 Å². The van der Waals surface area contributed by atoms with Crippen molar-refractivity contribution in [3.63, 3.8) is 0 Å². The summed E-state index contributed by atoms with van der Waals surface area (Å²) in [6.07, 6.45) is 0. The molecular formula is C12H14O4. The lowest BCUT2D eigenvalue weighted by Gasteiger charge is -2.10. The maximum absolute atomic E-state index is 11.5. The third-order valence-electron chi connectivity index (χ3n) is 2.51. The number of hydrogen-bond donors (Lipinski definition) is 1. The van der Waals surface area contributed by atoms with Crippen molar-refractivity contribution in [1.29, 1.82) is 0 Å². The molecule has 0 amide bonds. The van der Waals surface area contributed by atoms with E-state index in [0.717, 1.165) is 0 Å². The van der Waals surface area contributed by atoms with Crippen molar-refractivity contribution in [2.75, 3.05) is 6.61 Å². The van der Waals surface area contributed by atoms with Crippen LogP contribution in [0.15, 0.2) is 12.1 Å². The largest absolute Gasteiger partial charge is 0.478 e. The Morgan fingerprint density at radius 3 is 2.19 bits per heavy atom. The van der Waals surface area contributed by atoms with Crippen LogP contribution in [0.3, 0.4) is 0 Å². The van der Waals surface area contributed by atoms with E-state index in [2.05, 4.69) is 0 Å². The quantitative estimate of drug-likeness (QED) is 0.796. The van der Waals surface area contributed by atoms with Crippen LogP contribution in [0.1, 0.15) is 38.8 Å². The molecule has 0 heterocycles. The lowest BCUT2D eigenvalue weighted by molar-refractivity contribution is 0.0524. The maximum atomic E-state index is 11.5. The van der Waals surface area contributed by atoms with Gasteiger partial charge in [0.1, 0.15) is 0 Å². The summed E-state index contributed by atoms with van der Waals surface area (Å²) in [4.78, 5) is 22.4. The summed E-state index contributed by atoms with van der Waals surface area (Å²) >= 11 is 0. The van der Waals surface area contributed by atoms with E-state index in [1.807, 2.05) is 0 Å². The van der Waals surface area contributed by atoms with Crippen LogP contribution in [0.2, 0.25) is 0 Å². The van der Waals surface area contributed by atoms with Crippen molar-refractivity contribution >= 4 is 11.9 Å². The van der Waals surface area contributed by atoms with Gasteiger partial charge in [-0.3, -0.25) is 0 Å². The molecule has 0 aromatic heterocycles. The SMILES string of the molecule is CCOC(=O)c1ccc(C(=O)O)c(C)c1C. The number of rotatable bonds is 3. The van der Waals surface area contributed by atoms with Crippen molar-refractivity contribution in [2.24, 2.45) is 0 Å². The van der Waals surface area contributed by atoms with Crippen LogP contribution in [0.25, 0.3) is 0 Å². The van der Waals surface area contributed by atoms with Gasteiger partial charge in [-0.1, -0.05) is 0 Å². The first-order chi connectivity index (χ1) is 7.49. The molecule has 0 aliphatic carbocycles. The Hall–Kier alpha value is -1.84. The summed E-state index contributed by atoms with van der Waals surface area (Å²) in [5.41, 5.74) is 1.88. The fraction of sp³-hybridized carbons (Fsp3) is 0.333. The molecule has 1 N–H and O–H groups in total. The zero-order valence-electron chi connectivity index (χ0n) is 9.53. The predicted octanol–water partition coefficient (Wildman–Crippen LogP) is 2.18. The molecule has 1 aromatic rings. The van der Waals surface area contributed by atoms with Crippen molar-refractivity contribution in [2.45, 2.75) is 20.8 Å². The Kier molecular flexibility index (Phi) is 3.66. The van der Waals surface area contributed by atoms with Gasteiger partial charge < -0.3 is 9.84 Å². The second kappa shape index (κ2) is 4.79. The summed E-state index contributed by atoms with van der Waals surface area (Å²) in [6.45, 7) is 5.43. The molecule has 0 fully saturated rings. The molecule has 0 bridgehead atoms. The van der Waals surface area contributed by atoms with Crippen LogP contribution in [0.5, 0.6) is 0 Å². The van der Waals surface area contributed by atoms with E-state index in [0.29, 0.717) is 23.3 Å². The number of benzene rings is 1. The lowest BCUT2D eigenvalue weighted by Crippen LogP contribution is -2.10. The van der Waals surface area contributed by atoms with Crippen LogP contribution >= 0.6 is 0 Å². The maximum Gasteiger partial charge on any atom is 0.338 e. The number of carbonyl (C=O) groups is 2. The van der Waals surface area contributed by atoms with E-state index in [-0.39, 0.29) is 5.56 Å². The molecule has 0 radical (unpaired) electrons. The smallest absolute Gasteiger partial charge is 0.338 e. The van der Waals surface area contributed by atoms with E-state index in [1.54, 1.807) is 20.8 Å². The fourth-order valence-corrected chi connectivity index (χ4v) is 1.48. The zero-order valence-corrected chi connectivity index (χ0v) is 9.53. The first-order valence-electron chi connectivity index (χ1n) is 4.99. The molecule has 0 spiro atoms. The Bertz CT molecular complexity index is 435. The van der Waals surface area contributed by atoms with E-state index >= 15 is 0 Å². The highest BCUT2D eigenvalue weighted by Crippen LogP contribution is 2.18. The van der Waals surface area contributed by atoms with Gasteiger partial charge in [0.25, 0.3) is 0 Å². The van der Waals surface area contributed by atoms with Gasteiger partial charge in [-0.25, -0.2) is 9.59 Å². The standard InChI is InChI=1S/C12H14O4/c1-4-16-12(15)10-6-5-9(11(13)14)7(2)8(10)3/h5-6H,4H2,1-3H3,(H,13,14). The van der Waals surface area contributed by atoms with Gasteiger partial charge in [0.05, 0.1) is 17.7 Å². The molecule has 0 atom stereocenters. The molecule has 4 heteroatoms. The number of ether oxygens (including phenoxy) is 1. The summed E-state index contributed by atoms with van der Waals surface area (Å²) < 4.78 is 4.88. The van der Waals surface area contributed by atoms with E-state index in [1.165, 1.54) is 12.1 Å². The molecule has 1 aromatic carbocycles. The summed E-state index contributed by atoms with van der Waals surface area (Å²) in [5, 5.41) is 8.91. The highest BCUT2D eigenvalue weighted by atomic mass is 16.5. The Morgan fingerprint density at radius 2 is 1.69 bits per heavy atom. The van der Waals surface area contributed by atoms with Crippen molar-refractivity contribution < 1.29 is 19.4 Å². The van der Waals surface area contributed by atoms with E-state index in [9.17, 15) is 9.59 Å². The molecule has 16 heavy (non-hydrogen) atoms. The first-order valence-corrected chi connectivity index (χ1v) is 4.99. The van der Waals surface area contributed by atoms with Gasteiger partial charge in [-0.05, 0) is 44.0 Å². The Morgan fingerprint density at radius 1 is 1.19 bits per heavy atom. The molecule has 0 saturated carbocycles. The van der Waals surface area contributed by atoms with Crippen LogP contribution in [0, 0.1) is 13.8 Å². The minimum absolute atomic E-state index is 0.213. The molecule has 1 rings (SSSR count). The topological polar surface area (TPSA) is 63.6 Å². The third kappa shape index (κ3) is 2.21. The van der Waals surface area contributed by atoms with Crippen molar-refractivity contribution in [3.8, 4) is 0 Å². The van der Waals surface area contributed by atoms with Crippen molar-refractivity contribution in [3.05, 3.63) is 34.4 Å². The van der Waals surface area contributed by atoms with Crippen LogP contribution in [-0.2, 0) is 4.74 Å². The van der Waals surface area contributed by atoms with Gasteiger partial charge in [0, 0.05) is 0 Å². The Balaban J connectivity index is 3.21. The van der Waals surface area contributed by atoms with Crippen LogP contribution in [-0.4, -0.2) is 23.7 Å². The summed E-state index contributed by atoms with van der Waals surface area (Å²) in [7, 11) is 0. The minimum atomic E-state index is -0.990. The number of carbonyl (C=O) groups excluding carboxylic acids is 1. The molecule has 0 unspecified atom stereocenters. The van der Waals surface area contributed by atoms with Crippen LogP contribution < -0.4 is 0 Å². The fourth-order valence-electron chi connectivity index (χ4n) is 1.48. The average Bonchev–Trinajstić information content (AvgIpc) is 2.21.